The molecular formula is C31H22INO. The molecule has 0 radical (unpaired) electrons. The Labute approximate surface area is 212 Å². The zero-order valence-corrected chi connectivity index (χ0v) is 21.1. The van der Waals surface area contributed by atoms with Crippen molar-refractivity contribution in [3.63, 3.8) is 0 Å². The van der Waals surface area contributed by atoms with Crippen molar-refractivity contribution in [2.45, 2.75) is 5.41 Å². The molecule has 2 nitrogen and oxygen atoms in total. The third kappa shape index (κ3) is 2.31. The summed E-state index contributed by atoms with van der Waals surface area (Å²) in [4.78, 5) is 0. The lowest BCUT2D eigenvalue weighted by Crippen LogP contribution is -2.29. The molecule has 4 aromatic carbocycles. The van der Waals surface area contributed by atoms with Crippen LogP contribution >= 0.6 is 22.6 Å². The molecule has 0 saturated carbocycles. The largest absolute Gasteiger partial charge is 0.496 e. The first-order chi connectivity index (χ1) is 16.7. The van der Waals surface area contributed by atoms with Gasteiger partial charge < -0.3 is 9.30 Å². The van der Waals surface area contributed by atoms with Gasteiger partial charge in [0.15, 0.2) is 0 Å². The molecule has 1 heterocycles. The molecule has 0 atom stereocenters. The lowest BCUT2D eigenvalue weighted by atomic mass is 9.67. The van der Waals surface area contributed by atoms with Crippen LogP contribution in [0.25, 0.3) is 39.4 Å². The van der Waals surface area contributed by atoms with Crippen LogP contribution in [-0.4, -0.2) is 11.7 Å². The molecule has 34 heavy (non-hydrogen) atoms. The number of rotatable bonds is 2. The Morgan fingerprint density at radius 2 is 1.38 bits per heavy atom. The van der Waals surface area contributed by atoms with Crippen molar-refractivity contribution in [3.8, 4) is 28.1 Å². The third-order valence-corrected chi connectivity index (χ3v) is 8.71. The Morgan fingerprint density at radius 1 is 0.765 bits per heavy atom. The number of halogens is 1. The standard InChI is InChI=1S/C31H22INO/c1-33-25-16-17-26(34-2)22-18-27(32)31(29(28(22)25)30(33)19-10-4-3-5-11-19)23-14-8-6-12-20(23)21-13-7-9-15-24(21)31/h3-18H,1-2H3. The highest BCUT2D eigenvalue weighted by molar-refractivity contribution is 14.1. The van der Waals surface area contributed by atoms with E-state index in [-0.39, 0.29) is 5.41 Å². The zero-order valence-electron chi connectivity index (χ0n) is 19.0. The van der Waals surface area contributed by atoms with Crippen LogP contribution in [0.3, 0.4) is 0 Å². The molecule has 1 spiro atoms. The Morgan fingerprint density at radius 3 is 2.03 bits per heavy atom. The van der Waals surface area contributed by atoms with Gasteiger partial charge in [0.25, 0.3) is 0 Å². The maximum Gasteiger partial charge on any atom is 0.126 e. The van der Waals surface area contributed by atoms with Crippen LogP contribution in [0.4, 0.5) is 0 Å². The minimum atomic E-state index is -0.363. The summed E-state index contributed by atoms with van der Waals surface area (Å²) in [5.74, 6) is 0.919. The first-order valence-electron chi connectivity index (χ1n) is 11.5. The van der Waals surface area contributed by atoms with E-state index in [1.54, 1.807) is 7.11 Å². The molecule has 2 aliphatic rings. The average molecular weight is 551 g/mol. The molecule has 0 unspecified atom stereocenters. The Kier molecular flexibility index (Phi) is 4.19. The quantitative estimate of drug-likeness (QED) is 0.203. The summed E-state index contributed by atoms with van der Waals surface area (Å²) in [5.41, 5.74) is 11.2. The van der Waals surface area contributed by atoms with Crippen molar-refractivity contribution in [1.82, 2.24) is 4.57 Å². The summed E-state index contributed by atoms with van der Waals surface area (Å²) in [5, 5.41) is 1.28. The molecule has 0 amide bonds. The Balaban J connectivity index is 1.76. The van der Waals surface area contributed by atoms with Crippen LogP contribution in [0.1, 0.15) is 22.3 Å². The topological polar surface area (TPSA) is 14.2 Å². The number of fused-ring (bicyclic) bond motifs is 6. The number of methoxy groups -OCH3 is 1. The summed E-state index contributed by atoms with van der Waals surface area (Å²) in [7, 11) is 3.96. The second-order valence-electron chi connectivity index (χ2n) is 9.06. The van der Waals surface area contributed by atoms with E-state index in [1.807, 2.05) is 0 Å². The monoisotopic (exact) mass is 551 g/mol. The third-order valence-electron chi connectivity index (χ3n) is 7.59. The second kappa shape index (κ2) is 7.09. The van der Waals surface area contributed by atoms with E-state index in [0.717, 1.165) is 5.75 Å². The van der Waals surface area contributed by atoms with Crippen LogP contribution in [0.15, 0.2) is 94.6 Å². The first kappa shape index (κ1) is 20.1. The minimum absolute atomic E-state index is 0.363. The Bertz CT molecular complexity index is 1610. The molecule has 0 saturated heterocycles. The van der Waals surface area contributed by atoms with Gasteiger partial charge in [0.05, 0.1) is 18.2 Å². The normalized spacial score (nSPS) is 14.7. The SMILES string of the molecule is COc1ccc2c3c1C=C(I)C1(c4ccccc4-c4ccccc41)c3c(-c1ccccc1)n2C. The first-order valence-corrected chi connectivity index (χ1v) is 12.6. The summed E-state index contributed by atoms with van der Waals surface area (Å²) in [6.07, 6.45) is 2.35. The van der Waals surface area contributed by atoms with Gasteiger partial charge in [0.1, 0.15) is 5.75 Å². The second-order valence-corrected chi connectivity index (χ2v) is 10.2. The summed E-state index contributed by atoms with van der Waals surface area (Å²) in [6.45, 7) is 0. The van der Waals surface area contributed by atoms with Crippen molar-refractivity contribution in [3.05, 3.63) is 117 Å². The van der Waals surface area contributed by atoms with E-state index in [9.17, 15) is 0 Å². The van der Waals surface area contributed by atoms with Gasteiger partial charge in [-0.3, -0.25) is 0 Å². The fourth-order valence-corrected chi connectivity index (χ4v) is 7.44. The summed E-state index contributed by atoms with van der Waals surface area (Å²) < 4.78 is 9.54. The molecule has 2 aliphatic carbocycles. The lowest BCUT2D eigenvalue weighted by molar-refractivity contribution is 0.414. The highest BCUT2D eigenvalue weighted by atomic mass is 127. The van der Waals surface area contributed by atoms with Crippen LogP contribution in [-0.2, 0) is 12.5 Å². The number of aromatic nitrogens is 1. The molecule has 5 aromatic rings. The predicted molar refractivity (Wildman–Crippen MR) is 149 cm³/mol. The molecule has 7 rings (SSSR count). The lowest BCUT2D eigenvalue weighted by Gasteiger charge is -2.36. The Hall–Kier alpha value is -3.31. The van der Waals surface area contributed by atoms with Crippen molar-refractivity contribution >= 4 is 39.6 Å². The molecule has 3 heteroatoms. The van der Waals surface area contributed by atoms with Gasteiger partial charge in [0, 0.05) is 32.7 Å². The highest BCUT2D eigenvalue weighted by Crippen LogP contribution is 2.63. The molecule has 0 aliphatic heterocycles. The molecular weight excluding hydrogens is 529 g/mol. The van der Waals surface area contributed by atoms with Crippen molar-refractivity contribution < 1.29 is 4.74 Å². The minimum Gasteiger partial charge on any atom is -0.496 e. The number of aryl methyl sites for hydroxylation is 1. The van der Waals surface area contributed by atoms with Gasteiger partial charge in [-0.05, 0) is 68.6 Å². The van der Waals surface area contributed by atoms with E-state index in [2.05, 4.69) is 131 Å². The zero-order chi connectivity index (χ0) is 23.0. The van der Waals surface area contributed by atoms with Crippen LogP contribution < -0.4 is 4.74 Å². The number of hydrogen-bond acceptors (Lipinski definition) is 1. The fraction of sp³-hybridized carbons (Fsp3) is 0.0968. The van der Waals surface area contributed by atoms with Gasteiger partial charge >= 0.3 is 0 Å². The molecule has 0 bridgehead atoms. The van der Waals surface area contributed by atoms with Gasteiger partial charge in [-0.2, -0.15) is 0 Å². The van der Waals surface area contributed by atoms with Gasteiger partial charge in [0.2, 0.25) is 0 Å². The fourth-order valence-electron chi connectivity index (χ4n) is 6.27. The van der Waals surface area contributed by atoms with Crippen molar-refractivity contribution in [1.29, 1.82) is 0 Å². The number of allylic oxidation sites excluding steroid dienone is 1. The van der Waals surface area contributed by atoms with E-state index in [4.69, 9.17) is 4.74 Å². The molecule has 0 fully saturated rings. The smallest absolute Gasteiger partial charge is 0.126 e. The van der Waals surface area contributed by atoms with E-state index in [1.165, 1.54) is 59.1 Å². The van der Waals surface area contributed by atoms with Crippen LogP contribution in [0.2, 0.25) is 0 Å². The predicted octanol–water partition coefficient (Wildman–Crippen LogP) is 7.96. The highest BCUT2D eigenvalue weighted by Gasteiger charge is 2.51. The molecule has 1 aromatic heterocycles. The van der Waals surface area contributed by atoms with Crippen molar-refractivity contribution in [2.24, 2.45) is 7.05 Å². The molecule has 164 valence electrons. The van der Waals surface area contributed by atoms with E-state index < -0.39 is 0 Å². The van der Waals surface area contributed by atoms with Crippen LogP contribution in [0, 0.1) is 0 Å². The molecule has 0 N–H and O–H groups in total. The maximum atomic E-state index is 5.87. The average Bonchev–Trinajstić information content (AvgIpc) is 3.35. The number of nitrogens with zero attached hydrogens (tertiary/aromatic N) is 1. The van der Waals surface area contributed by atoms with E-state index in [0.29, 0.717) is 0 Å². The summed E-state index contributed by atoms with van der Waals surface area (Å²) >= 11 is 2.59. The van der Waals surface area contributed by atoms with Gasteiger partial charge in [-0.15, -0.1) is 0 Å². The van der Waals surface area contributed by atoms with Gasteiger partial charge in [-0.1, -0.05) is 78.9 Å². The number of ether oxygens (including phenoxy) is 1. The van der Waals surface area contributed by atoms with Crippen LogP contribution in [0.5, 0.6) is 5.75 Å². The summed E-state index contributed by atoms with van der Waals surface area (Å²) in [6, 6.07) is 33.0. The number of benzene rings is 4. The number of hydrogen-bond donors (Lipinski definition) is 0. The van der Waals surface area contributed by atoms with Crippen molar-refractivity contribution in [2.75, 3.05) is 7.11 Å². The van der Waals surface area contributed by atoms with E-state index >= 15 is 0 Å². The maximum absolute atomic E-state index is 5.87. The van der Waals surface area contributed by atoms with Gasteiger partial charge in [-0.25, -0.2) is 0 Å².